The van der Waals surface area contributed by atoms with Gasteiger partial charge in [0.25, 0.3) is 5.91 Å². The van der Waals surface area contributed by atoms with Crippen LogP contribution in [0, 0.1) is 6.92 Å². The van der Waals surface area contributed by atoms with Crippen molar-refractivity contribution in [1.82, 2.24) is 20.7 Å². The Balaban J connectivity index is 0.00000280. The first kappa shape index (κ1) is 22.2. The van der Waals surface area contributed by atoms with Gasteiger partial charge in [0.05, 0.1) is 0 Å². The molecule has 0 aliphatic carbocycles. The van der Waals surface area contributed by atoms with Gasteiger partial charge >= 0.3 is 6.18 Å². The van der Waals surface area contributed by atoms with Gasteiger partial charge in [0.2, 0.25) is 5.76 Å². The number of alkyl halides is 3. The van der Waals surface area contributed by atoms with E-state index in [-0.39, 0.29) is 31.3 Å². The average Bonchev–Trinajstić information content (AvgIpc) is 3.12. The van der Waals surface area contributed by atoms with Gasteiger partial charge in [-0.15, -0.1) is 12.4 Å². The van der Waals surface area contributed by atoms with Crippen molar-refractivity contribution in [2.24, 2.45) is 0 Å². The minimum Gasteiger partial charge on any atom is -0.350 e. The summed E-state index contributed by atoms with van der Waals surface area (Å²) in [6.07, 6.45) is -4.43. The van der Waals surface area contributed by atoms with Crippen molar-refractivity contribution in [3.63, 3.8) is 0 Å². The van der Waals surface area contributed by atoms with Crippen LogP contribution >= 0.6 is 12.4 Å². The highest BCUT2D eigenvalue weighted by molar-refractivity contribution is 5.92. The number of amides is 1. The molecule has 0 radical (unpaired) electrons. The minimum absolute atomic E-state index is 0. The maximum absolute atomic E-state index is 13.4. The third-order valence-electron chi connectivity index (χ3n) is 4.51. The molecule has 2 aromatic rings. The van der Waals surface area contributed by atoms with Crippen molar-refractivity contribution < 1.29 is 22.5 Å². The molecule has 10 heteroatoms. The maximum atomic E-state index is 13.4. The van der Waals surface area contributed by atoms with Crippen LogP contribution in [0.1, 0.15) is 16.1 Å². The Morgan fingerprint density at radius 1 is 1.29 bits per heavy atom. The zero-order valence-electron chi connectivity index (χ0n) is 15.3. The molecule has 1 aromatic carbocycles. The number of nitrogens with one attached hydrogen (secondary N) is 2. The first-order chi connectivity index (χ1) is 12.8. The molecule has 0 saturated carbocycles. The Morgan fingerprint density at radius 2 is 1.93 bits per heavy atom. The highest BCUT2D eigenvalue weighted by Crippen LogP contribution is 2.25. The summed E-state index contributed by atoms with van der Waals surface area (Å²) in [5.74, 6) is -0.836. The SMILES string of the molecule is Cc1ccc(-c2cc(C(=O)NCC(N3CCNCC3)C(F)(F)F)on2)cc1.Cl. The van der Waals surface area contributed by atoms with Crippen LogP contribution in [0.2, 0.25) is 0 Å². The lowest BCUT2D eigenvalue weighted by atomic mass is 10.1. The predicted molar refractivity (Wildman–Crippen MR) is 101 cm³/mol. The Bertz CT molecular complexity index is 774. The Hall–Kier alpha value is -2.10. The number of aromatic nitrogens is 1. The van der Waals surface area contributed by atoms with Gasteiger partial charge in [-0.2, -0.15) is 13.2 Å². The number of rotatable bonds is 5. The summed E-state index contributed by atoms with van der Waals surface area (Å²) >= 11 is 0. The third kappa shape index (κ3) is 5.46. The van der Waals surface area contributed by atoms with E-state index in [1.807, 2.05) is 31.2 Å². The number of benzene rings is 1. The minimum atomic E-state index is -4.43. The van der Waals surface area contributed by atoms with E-state index in [9.17, 15) is 18.0 Å². The molecule has 1 atom stereocenters. The lowest BCUT2D eigenvalue weighted by molar-refractivity contribution is -0.183. The summed E-state index contributed by atoms with van der Waals surface area (Å²) in [7, 11) is 0. The highest BCUT2D eigenvalue weighted by Gasteiger charge is 2.44. The second kappa shape index (κ2) is 9.40. The van der Waals surface area contributed by atoms with Gasteiger partial charge in [0.15, 0.2) is 0 Å². The molecule has 1 unspecified atom stereocenters. The molecular formula is C18H22ClF3N4O2. The number of halogens is 4. The van der Waals surface area contributed by atoms with Gasteiger partial charge in [-0.3, -0.25) is 9.69 Å². The normalized spacial score (nSPS) is 16.3. The summed E-state index contributed by atoms with van der Waals surface area (Å²) in [6.45, 7) is 2.94. The van der Waals surface area contributed by atoms with E-state index in [0.29, 0.717) is 18.8 Å². The lowest BCUT2D eigenvalue weighted by Crippen LogP contribution is -2.57. The molecule has 1 saturated heterocycles. The van der Waals surface area contributed by atoms with Crippen molar-refractivity contribution >= 4 is 18.3 Å². The summed E-state index contributed by atoms with van der Waals surface area (Å²) in [6, 6.07) is 7.14. The third-order valence-corrected chi connectivity index (χ3v) is 4.51. The summed E-state index contributed by atoms with van der Waals surface area (Å²) in [4.78, 5) is 13.5. The number of aryl methyl sites for hydroxylation is 1. The topological polar surface area (TPSA) is 70.4 Å². The van der Waals surface area contributed by atoms with Gasteiger partial charge in [0.1, 0.15) is 11.7 Å². The molecule has 2 heterocycles. The Kier molecular flexibility index (Phi) is 7.45. The van der Waals surface area contributed by atoms with Crippen molar-refractivity contribution in [3.8, 4) is 11.3 Å². The Labute approximate surface area is 166 Å². The molecule has 0 bridgehead atoms. The van der Waals surface area contributed by atoms with Crippen LogP contribution in [0.5, 0.6) is 0 Å². The van der Waals surface area contributed by atoms with Crippen molar-refractivity contribution in [3.05, 3.63) is 41.7 Å². The lowest BCUT2D eigenvalue weighted by Gasteiger charge is -2.35. The van der Waals surface area contributed by atoms with Crippen LogP contribution in [0.15, 0.2) is 34.9 Å². The first-order valence-electron chi connectivity index (χ1n) is 8.68. The van der Waals surface area contributed by atoms with E-state index in [0.717, 1.165) is 11.1 Å². The second-order valence-corrected chi connectivity index (χ2v) is 6.50. The van der Waals surface area contributed by atoms with Crippen molar-refractivity contribution in [1.29, 1.82) is 0 Å². The van der Waals surface area contributed by atoms with E-state index in [1.54, 1.807) is 0 Å². The molecule has 6 nitrogen and oxygen atoms in total. The fourth-order valence-electron chi connectivity index (χ4n) is 2.96. The molecule has 0 spiro atoms. The van der Waals surface area contributed by atoms with Gasteiger partial charge < -0.3 is 15.2 Å². The monoisotopic (exact) mass is 418 g/mol. The number of piperazine rings is 1. The van der Waals surface area contributed by atoms with Crippen LogP contribution in [-0.2, 0) is 0 Å². The van der Waals surface area contributed by atoms with Gasteiger partial charge in [-0.05, 0) is 6.92 Å². The summed E-state index contributed by atoms with van der Waals surface area (Å²) in [5.41, 5.74) is 2.29. The number of hydrogen-bond donors (Lipinski definition) is 2. The largest absolute Gasteiger partial charge is 0.405 e. The maximum Gasteiger partial charge on any atom is 0.405 e. The average molecular weight is 419 g/mol. The van der Waals surface area contributed by atoms with Crippen LogP contribution in [-0.4, -0.2) is 60.9 Å². The van der Waals surface area contributed by atoms with Gasteiger partial charge in [-0.25, -0.2) is 0 Å². The standard InChI is InChI=1S/C18H21F3N4O2.ClH/c1-12-2-4-13(5-3-12)14-10-15(27-24-14)17(26)23-11-16(18(19,20)21)25-8-6-22-7-9-25;/h2-5,10,16,22H,6-9,11H2,1H3,(H,23,26);1H. The number of hydrogen-bond acceptors (Lipinski definition) is 5. The fraction of sp³-hybridized carbons (Fsp3) is 0.444. The molecule has 1 aliphatic rings. The zero-order chi connectivity index (χ0) is 19.4. The summed E-state index contributed by atoms with van der Waals surface area (Å²) in [5, 5.41) is 9.16. The van der Waals surface area contributed by atoms with Crippen molar-refractivity contribution in [2.45, 2.75) is 19.1 Å². The molecule has 1 fully saturated rings. The van der Waals surface area contributed by atoms with Crippen LogP contribution in [0.25, 0.3) is 11.3 Å². The van der Waals surface area contributed by atoms with E-state index in [2.05, 4.69) is 15.8 Å². The number of nitrogens with zero attached hydrogens (tertiary/aromatic N) is 2. The fourth-order valence-corrected chi connectivity index (χ4v) is 2.96. The second-order valence-electron chi connectivity index (χ2n) is 6.50. The first-order valence-corrected chi connectivity index (χ1v) is 8.68. The van der Waals surface area contributed by atoms with Gasteiger partial charge in [-0.1, -0.05) is 35.0 Å². The van der Waals surface area contributed by atoms with Gasteiger partial charge in [0, 0.05) is 44.4 Å². The molecule has 1 amide bonds. The molecule has 2 N–H and O–H groups in total. The van der Waals surface area contributed by atoms with E-state index < -0.39 is 24.7 Å². The van der Waals surface area contributed by atoms with Crippen LogP contribution in [0.3, 0.4) is 0 Å². The quantitative estimate of drug-likeness (QED) is 0.781. The molecule has 1 aliphatic heterocycles. The molecule has 1 aromatic heterocycles. The Morgan fingerprint density at radius 3 is 2.54 bits per heavy atom. The van der Waals surface area contributed by atoms with E-state index in [4.69, 9.17) is 4.52 Å². The molecule has 154 valence electrons. The predicted octanol–water partition coefficient (Wildman–Crippen LogP) is 2.64. The summed E-state index contributed by atoms with van der Waals surface area (Å²) < 4.78 is 45.1. The van der Waals surface area contributed by atoms with E-state index >= 15 is 0 Å². The smallest absolute Gasteiger partial charge is 0.350 e. The zero-order valence-corrected chi connectivity index (χ0v) is 16.1. The van der Waals surface area contributed by atoms with E-state index in [1.165, 1.54) is 11.0 Å². The molecule has 28 heavy (non-hydrogen) atoms. The van der Waals surface area contributed by atoms with Crippen LogP contribution < -0.4 is 10.6 Å². The highest BCUT2D eigenvalue weighted by atomic mass is 35.5. The number of carbonyl (C=O) groups is 1. The van der Waals surface area contributed by atoms with Crippen LogP contribution in [0.4, 0.5) is 13.2 Å². The molecule has 3 rings (SSSR count). The van der Waals surface area contributed by atoms with Crippen molar-refractivity contribution in [2.75, 3.05) is 32.7 Å². The molecular weight excluding hydrogens is 397 g/mol. The number of carbonyl (C=O) groups excluding carboxylic acids is 1.